The van der Waals surface area contributed by atoms with Crippen LogP contribution in [0.15, 0.2) is 0 Å². The fraction of sp³-hybridized carbons (Fsp3) is 0.771. The number of nitrogens with zero attached hydrogens (tertiary/aromatic N) is 5. The van der Waals surface area contributed by atoms with Crippen molar-refractivity contribution in [3.05, 3.63) is 0 Å². The summed E-state index contributed by atoms with van der Waals surface area (Å²) in [6.45, 7) is 7.05. The Balaban J connectivity index is 1.27. The number of carboxylic acids is 1. The molecular formula is C35H58BN9O12. The first kappa shape index (κ1) is 45.5. The second-order valence-corrected chi connectivity index (χ2v) is 15.7. The van der Waals surface area contributed by atoms with E-state index in [0.29, 0.717) is 58.7 Å². The molecule has 21 nitrogen and oxygen atoms in total. The molecule has 0 aromatic carbocycles. The van der Waals surface area contributed by atoms with Gasteiger partial charge in [0.1, 0.15) is 18.2 Å². The molecule has 7 N–H and O–H groups in total. The van der Waals surface area contributed by atoms with Crippen LogP contribution >= 0.6 is 0 Å². The molecule has 0 radical (unpaired) electrons. The summed E-state index contributed by atoms with van der Waals surface area (Å²) in [5, 5.41) is 38.9. The van der Waals surface area contributed by atoms with Gasteiger partial charge in [0.15, 0.2) is 5.78 Å². The predicted octanol–water partition coefficient (Wildman–Crippen LogP) is -5.31. The zero-order chi connectivity index (χ0) is 41.8. The molecule has 5 aliphatic rings. The minimum Gasteiger partial charge on any atom is -0.480 e. The van der Waals surface area contributed by atoms with Crippen molar-refractivity contribution in [2.24, 2.45) is 11.8 Å². The number of likely N-dealkylation sites (tertiary alicyclic amines) is 1. The SMILES string of the molecule is CC(C)[C@H](NC(=O)CNC(=O)CNC(=O)CN1CCN2CCN3CC(=O)CC(OC(=O)C2)C(CN(CC(=O)O)CC1)C3)C(=O)N[C@H](C)C(=O)N1CCC[C@H]1B(O)O. The molecule has 4 unspecified atom stereocenters. The highest BCUT2D eigenvalue weighted by Gasteiger charge is 2.40. The minimum atomic E-state index is -1.70. The number of nitrogens with one attached hydrogen (secondary N) is 4. The molecule has 0 saturated carbocycles. The fourth-order valence-corrected chi connectivity index (χ4v) is 7.67. The molecule has 4 bridgehead atoms. The normalized spacial score (nSPS) is 26.0. The molecule has 5 saturated heterocycles. The lowest BCUT2D eigenvalue weighted by Crippen LogP contribution is -2.57. The number of esters is 1. The van der Waals surface area contributed by atoms with E-state index in [-0.39, 0.29) is 57.4 Å². The lowest BCUT2D eigenvalue weighted by atomic mass is 9.78. The highest BCUT2D eigenvalue weighted by atomic mass is 16.5. The maximum absolute atomic E-state index is 13.1. The van der Waals surface area contributed by atoms with Crippen molar-refractivity contribution in [2.45, 2.75) is 64.2 Å². The number of ketones is 1. The van der Waals surface area contributed by atoms with Crippen LogP contribution in [0.25, 0.3) is 0 Å². The van der Waals surface area contributed by atoms with Crippen LogP contribution in [0.4, 0.5) is 0 Å². The molecule has 5 rings (SSSR count). The standard InChI is InChI=1S/C35H58BN9O12/c1-22(2)33(34(53)39-23(3)35(54)45-6-4-5-27(45)36(55)56)40-29(48)15-37-28(47)14-38-30(49)19-41-7-8-42-10-11-43-16-24(17-44(12-9-41)20-31(50)51)26(13-25(46)18-43)57-32(52)21-42/h22-24,26-27,33,55-56H,4-21H2,1-3H3,(H,37,47)(H,38,49)(H,39,53)(H,40,48)(H,50,51)/t23-,24?,26?,27+,33+/m1/s1. The number of fused-ring (bicyclic) bond motifs is 9. The van der Waals surface area contributed by atoms with E-state index in [4.69, 9.17) is 4.74 Å². The van der Waals surface area contributed by atoms with Gasteiger partial charge in [-0.2, -0.15) is 0 Å². The Bertz CT molecular complexity index is 1490. The van der Waals surface area contributed by atoms with Gasteiger partial charge in [0, 0.05) is 71.2 Å². The summed E-state index contributed by atoms with van der Waals surface area (Å²) in [5.74, 6) is -5.97. The first-order valence-electron chi connectivity index (χ1n) is 19.6. The number of Topliss-reactive ketones (excluding diaryl/α,β-unsaturated/α-hetero) is 1. The number of ether oxygens (including phenoxy) is 1. The maximum atomic E-state index is 13.1. The molecule has 5 fully saturated rings. The van der Waals surface area contributed by atoms with Gasteiger partial charge in [-0.25, -0.2) is 0 Å². The second-order valence-electron chi connectivity index (χ2n) is 15.7. The predicted molar refractivity (Wildman–Crippen MR) is 202 cm³/mol. The molecule has 318 valence electrons. The number of carbonyl (C=O) groups is 8. The van der Waals surface area contributed by atoms with Gasteiger partial charge in [0.2, 0.25) is 29.5 Å². The van der Waals surface area contributed by atoms with E-state index < -0.39 is 91.7 Å². The van der Waals surface area contributed by atoms with Gasteiger partial charge < -0.3 is 46.1 Å². The summed E-state index contributed by atoms with van der Waals surface area (Å²) in [4.78, 5) is 111. The number of carbonyl (C=O) groups excluding carboxylic acids is 7. The number of hydrogen-bond acceptors (Lipinski definition) is 15. The van der Waals surface area contributed by atoms with Gasteiger partial charge in [-0.05, 0) is 25.7 Å². The maximum Gasteiger partial charge on any atom is 0.475 e. The number of aliphatic carboxylic acids is 1. The quantitative estimate of drug-likeness (QED) is 0.0638. The van der Waals surface area contributed by atoms with Crippen LogP contribution < -0.4 is 21.3 Å². The Morgan fingerprint density at radius 3 is 2.14 bits per heavy atom. The molecule has 0 aliphatic carbocycles. The Morgan fingerprint density at radius 1 is 0.789 bits per heavy atom. The number of carboxylic acid groups (broad SMARTS) is 1. The average Bonchev–Trinajstić information content (AvgIpc) is 3.58. The first-order valence-corrected chi connectivity index (χ1v) is 19.6. The smallest absolute Gasteiger partial charge is 0.475 e. The van der Waals surface area contributed by atoms with Crippen LogP contribution in [0.5, 0.6) is 0 Å². The Labute approximate surface area is 332 Å². The zero-order valence-electron chi connectivity index (χ0n) is 33.0. The zero-order valence-corrected chi connectivity index (χ0v) is 33.0. The lowest BCUT2D eigenvalue weighted by molar-refractivity contribution is -0.155. The summed E-state index contributed by atoms with van der Waals surface area (Å²) in [7, 11) is -1.70. The molecule has 22 heteroatoms. The van der Waals surface area contributed by atoms with Gasteiger partial charge in [0.05, 0.1) is 45.2 Å². The number of hydrogen-bond donors (Lipinski definition) is 7. The topological polar surface area (TPSA) is 271 Å². The van der Waals surface area contributed by atoms with Crippen LogP contribution in [0.1, 0.15) is 40.0 Å². The molecule has 0 spiro atoms. The van der Waals surface area contributed by atoms with Gasteiger partial charge in [0.25, 0.3) is 0 Å². The van der Waals surface area contributed by atoms with Crippen molar-refractivity contribution < 1.29 is 58.2 Å². The van der Waals surface area contributed by atoms with Gasteiger partial charge in [-0.1, -0.05) is 13.8 Å². The summed E-state index contributed by atoms with van der Waals surface area (Å²) >= 11 is 0. The van der Waals surface area contributed by atoms with Crippen LogP contribution in [0.2, 0.25) is 0 Å². The van der Waals surface area contributed by atoms with Crippen molar-refractivity contribution in [3.8, 4) is 0 Å². The van der Waals surface area contributed by atoms with E-state index in [2.05, 4.69) is 21.3 Å². The van der Waals surface area contributed by atoms with Crippen LogP contribution in [0.3, 0.4) is 0 Å². The van der Waals surface area contributed by atoms with Gasteiger partial charge >= 0.3 is 19.1 Å². The van der Waals surface area contributed by atoms with Crippen molar-refractivity contribution in [2.75, 3.05) is 98.2 Å². The fourth-order valence-electron chi connectivity index (χ4n) is 7.67. The first-order chi connectivity index (χ1) is 27.0. The van der Waals surface area contributed by atoms with Gasteiger partial charge in [-0.3, -0.25) is 58.0 Å². The molecule has 5 heterocycles. The van der Waals surface area contributed by atoms with E-state index >= 15 is 0 Å². The number of rotatable bonds is 14. The summed E-state index contributed by atoms with van der Waals surface area (Å²) < 4.78 is 5.80. The Hall–Kier alpha value is -4.22. The van der Waals surface area contributed by atoms with E-state index in [1.165, 1.54) is 11.8 Å². The van der Waals surface area contributed by atoms with E-state index in [1.54, 1.807) is 18.7 Å². The monoisotopic (exact) mass is 807 g/mol. The van der Waals surface area contributed by atoms with Crippen LogP contribution in [-0.2, 0) is 43.1 Å². The molecule has 0 aromatic rings. The van der Waals surface area contributed by atoms with Crippen molar-refractivity contribution >= 4 is 54.4 Å². The summed E-state index contributed by atoms with van der Waals surface area (Å²) in [5.41, 5.74) is 0. The second kappa shape index (κ2) is 21.5. The molecule has 7 atom stereocenters. The molecule has 5 amide bonds. The van der Waals surface area contributed by atoms with Crippen LogP contribution in [0, 0.1) is 11.8 Å². The molecule has 5 aliphatic heterocycles. The van der Waals surface area contributed by atoms with Crippen LogP contribution in [-0.4, -0.2) is 216 Å². The lowest BCUT2D eigenvalue weighted by Gasteiger charge is -2.34. The highest BCUT2D eigenvalue weighted by molar-refractivity contribution is 6.43. The third-order valence-corrected chi connectivity index (χ3v) is 10.7. The van der Waals surface area contributed by atoms with Crippen molar-refractivity contribution in [1.82, 2.24) is 45.8 Å². The van der Waals surface area contributed by atoms with Crippen molar-refractivity contribution in [3.63, 3.8) is 0 Å². The minimum absolute atomic E-state index is 0.00439. The van der Waals surface area contributed by atoms with Crippen molar-refractivity contribution in [1.29, 1.82) is 0 Å². The Kier molecular flexibility index (Phi) is 17.2. The highest BCUT2D eigenvalue weighted by Crippen LogP contribution is 2.23. The average molecular weight is 808 g/mol. The van der Waals surface area contributed by atoms with E-state index in [0.717, 1.165) is 0 Å². The van der Waals surface area contributed by atoms with E-state index in [1.807, 2.05) is 14.7 Å². The molecule has 57 heavy (non-hydrogen) atoms. The summed E-state index contributed by atoms with van der Waals surface area (Å²) in [6.07, 6.45) is 0.402. The third kappa shape index (κ3) is 14.3. The number of amides is 5. The van der Waals surface area contributed by atoms with Gasteiger partial charge in [-0.15, -0.1) is 0 Å². The molecular weight excluding hydrogens is 749 g/mol. The summed E-state index contributed by atoms with van der Waals surface area (Å²) in [6, 6.07) is -2.05. The Morgan fingerprint density at radius 2 is 1.44 bits per heavy atom. The largest absolute Gasteiger partial charge is 0.480 e. The third-order valence-electron chi connectivity index (χ3n) is 10.7. The van der Waals surface area contributed by atoms with E-state index in [9.17, 15) is 53.5 Å². The molecule has 0 aromatic heterocycles.